The lowest BCUT2D eigenvalue weighted by atomic mass is 10.5. The van der Waals surface area contributed by atoms with Gasteiger partial charge in [-0.05, 0) is 6.42 Å². The highest BCUT2D eigenvalue weighted by atomic mass is 32.2. The number of anilines is 1. The van der Waals surface area contributed by atoms with Crippen molar-refractivity contribution in [2.24, 2.45) is 0 Å². The van der Waals surface area contributed by atoms with Crippen LogP contribution in [0.3, 0.4) is 0 Å². The Morgan fingerprint density at radius 1 is 1.57 bits per heavy atom. The largest absolute Gasteiger partial charge is 0.382 e. The predicted molar refractivity (Wildman–Crippen MR) is 51.9 cm³/mol. The molecule has 0 atom stereocenters. The summed E-state index contributed by atoms with van der Waals surface area (Å²) in [6, 6.07) is 0. The standard InChI is InChI=1S/C7H12N4O2S/c1-2-3-11-14(12,13)6-4-9-5-10-7(6)8/h4-5,11H,2-3H2,1H3,(H2,8,9,10). The zero-order valence-electron chi connectivity index (χ0n) is 7.77. The van der Waals surface area contributed by atoms with Crippen LogP contribution >= 0.6 is 0 Å². The first kappa shape index (κ1) is 10.9. The molecule has 0 unspecified atom stereocenters. The smallest absolute Gasteiger partial charge is 0.245 e. The van der Waals surface area contributed by atoms with E-state index in [0.717, 1.165) is 0 Å². The van der Waals surface area contributed by atoms with Gasteiger partial charge < -0.3 is 5.73 Å². The van der Waals surface area contributed by atoms with Crippen LogP contribution in [0.1, 0.15) is 13.3 Å². The number of sulfonamides is 1. The number of nitrogens with zero attached hydrogens (tertiary/aromatic N) is 2. The third kappa shape index (κ3) is 2.39. The van der Waals surface area contributed by atoms with Crippen LogP contribution in [0.5, 0.6) is 0 Å². The van der Waals surface area contributed by atoms with Crippen molar-refractivity contribution in [2.75, 3.05) is 12.3 Å². The number of nitrogens with two attached hydrogens (primary N) is 1. The molecule has 3 N–H and O–H groups in total. The fraction of sp³-hybridized carbons (Fsp3) is 0.429. The molecule has 78 valence electrons. The van der Waals surface area contributed by atoms with Gasteiger partial charge in [0, 0.05) is 6.54 Å². The summed E-state index contributed by atoms with van der Waals surface area (Å²) in [5.41, 5.74) is 5.41. The fourth-order valence-corrected chi connectivity index (χ4v) is 2.00. The van der Waals surface area contributed by atoms with E-state index in [2.05, 4.69) is 14.7 Å². The summed E-state index contributed by atoms with van der Waals surface area (Å²) in [5.74, 6) is -0.0383. The Balaban J connectivity index is 2.99. The minimum absolute atomic E-state index is 0.0383. The summed E-state index contributed by atoms with van der Waals surface area (Å²) < 4.78 is 25.5. The van der Waals surface area contributed by atoms with E-state index in [1.807, 2.05) is 6.92 Å². The molecule has 1 aromatic heterocycles. The number of rotatable bonds is 4. The van der Waals surface area contributed by atoms with E-state index in [1.54, 1.807) is 0 Å². The van der Waals surface area contributed by atoms with Crippen molar-refractivity contribution in [3.63, 3.8) is 0 Å². The van der Waals surface area contributed by atoms with Crippen molar-refractivity contribution >= 4 is 15.8 Å². The lowest BCUT2D eigenvalue weighted by molar-refractivity contribution is 0.580. The zero-order valence-corrected chi connectivity index (χ0v) is 8.58. The molecule has 0 aromatic carbocycles. The molecule has 1 aromatic rings. The number of hydrogen-bond donors (Lipinski definition) is 2. The molecule has 0 bridgehead atoms. The van der Waals surface area contributed by atoms with Crippen molar-refractivity contribution in [3.05, 3.63) is 12.5 Å². The van der Waals surface area contributed by atoms with Crippen molar-refractivity contribution < 1.29 is 8.42 Å². The van der Waals surface area contributed by atoms with Crippen molar-refractivity contribution in [1.29, 1.82) is 0 Å². The van der Waals surface area contributed by atoms with Gasteiger partial charge >= 0.3 is 0 Å². The molecule has 0 aliphatic rings. The number of hydrogen-bond acceptors (Lipinski definition) is 5. The maximum Gasteiger partial charge on any atom is 0.245 e. The van der Waals surface area contributed by atoms with E-state index >= 15 is 0 Å². The van der Waals surface area contributed by atoms with Crippen LogP contribution in [0.4, 0.5) is 5.82 Å². The molecule has 0 saturated heterocycles. The molecule has 0 aliphatic carbocycles. The Morgan fingerprint density at radius 3 is 2.86 bits per heavy atom. The third-order valence-corrected chi connectivity index (χ3v) is 3.02. The van der Waals surface area contributed by atoms with Crippen LogP contribution in [0.2, 0.25) is 0 Å². The zero-order chi connectivity index (χ0) is 10.6. The molecule has 0 radical (unpaired) electrons. The summed E-state index contributed by atoms with van der Waals surface area (Å²) in [5, 5.41) is 0. The topological polar surface area (TPSA) is 98.0 Å². The fourth-order valence-electron chi connectivity index (χ4n) is 0.848. The monoisotopic (exact) mass is 216 g/mol. The van der Waals surface area contributed by atoms with Gasteiger partial charge in [0.2, 0.25) is 10.0 Å². The Kier molecular flexibility index (Phi) is 3.37. The van der Waals surface area contributed by atoms with Crippen LogP contribution in [0.15, 0.2) is 17.4 Å². The van der Waals surface area contributed by atoms with Crippen LogP contribution in [0.25, 0.3) is 0 Å². The summed E-state index contributed by atoms with van der Waals surface area (Å²) in [4.78, 5) is 7.14. The van der Waals surface area contributed by atoms with Crippen molar-refractivity contribution in [2.45, 2.75) is 18.2 Å². The maximum atomic E-state index is 11.5. The summed E-state index contributed by atoms with van der Waals surface area (Å²) in [6.45, 7) is 2.24. The minimum atomic E-state index is -3.55. The molecule has 6 nitrogen and oxygen atoms in total. The molecular weight excluding hydrogens is 204 g/mol. The molecule has 1 heterocycles. The van der Waals surface area contributed by atoms with Crippen LogP contribution in [-0.4, -0.2) is 24.9 Å². The maximum absolute atomic E-state index is 11.5. The van der Waals surface area contributed by atoms with Crippen LogP contribution < -0.4 is 10.5 Å². The van der Waals surface area contributed by atoms with Gasteiger partial charge in [-0.25, -0.2) is 23.1 Å². The number of nitrogens with one attached hydrogen (secondary N) is 1. The quantitative estimate of drug-likeness (QED) is 0.723. The lowest BCUT2D eigenvalue weighted by Crippen LogP contribution is -2.25. The van der Waals surface area contributed by atoms with E-state index in [9.17, 15) is 8.42 Å². The molecule has 0 fully saturated rings. The molecule has 0 saturated carbocycles. The van der Waals surface area contributed by atoms with E-state index in [1.165, 1.54) is 12.5 Å². The van der Waals surface area contributed by atoms with E-state index in [0.29, 0.717) is 13.0 Å². The third-order valence-electron chi connectivity index (χ3n) is 1.54. The summed E-state index contributed by atoms with van der Waals surface area (Å²) in [7, 11) is -3.55. The van der Waals surface area contributed by atoms with Crippen molar-refractivity contribution in [1.82, 2.24) is 14.7 Å². The second-order valence-corrected chi connectivity index (χ2v) is 4.41. The first-order valence-electron chi connectivity index (χ1n) is 4.13. The van der Waals surface area contributed by atoms with Gasteiger partial charge in [0.05, 0.1) is 6.20 Å². The second-order valence-electron chi connectivity index (χ2n) is 2.67. The normalized spacial score (nSPS) is 11.5. The molecule has 0 amide bonds. The molecule has 0 spiro atoms. The molecule has 1 rings (SSSR count). The predicted octanol–water partition coefficient (Wildman–Crippen LogP) is -0.253. The average molecular weight is 216 g/mol. The van der Waals surface area contributed by atoms with E-state index < -0.39 is 10.0 Å². The Hall–Kier alpha value is -1.21. The van der Waals surface area contributed by atoms with Gasteiger partial charge in [0.15, 0.2) is 0 Å². The molecular formula is C7H12N4O2S. The van der Waals surface area contributed by atoms with Crippen molar-refractivity contribution in [3.8, 4) is 0 Å². The molecule has 14 heavy (non-hydrogen) atoms. The van der Waals surface area contributed by atoms with Gasteiger partial charge in [-0.3, -0.25) is 0 Å². The highest BCUT2D eigenvalue weighted by Crippen LogP contribution is 2.12. The van der Waals surface area contributed by atoms with Gasteiger partial charge in [0.1, 0.15) is 17.0 Å². The average Bonchev–Trinajstić information content (AvgIpc) is 2.15. The SMILES string of the molecule is CCCNS(=O)(=O)c1cncnc1N. The van der Waals surface area contributed by atoms with E-state index in [-0.39, 0.29) is 10.7 Å². The molecule has 0 aliphatic heterocycles. The highest BCUT2D eigenvalue weighted by Gasteiger charge is 2.17. The summed E-state index contributed by atoms with van der Waals surface area (Å²) in [6.07, 6.45) is 3.10. The Labute approximate surface area is 82.6 Å². The van der Waals surface area contributed by atoms with Gasteiger partial charge in [-0.1, -0.05) is 6.92 Å². The number of nitrogen functional groups attached to an aromatic ring is 1. The minimum Gasteiger partial charge on any atom is -0.382 e. The Morgan fingerprint density at radius 2 is 2.29 bits per heavy atom. The molecule has 7 heteroatoms. The highest BCUT2D eigenvalue weighted by molar-refractivity contribution is 7.89. The van der Waals surface area contributed by atoms with Crippen LogP contribution in [-0.2, 0) is 10.0 Å². The van der Waals surface area contributed by atoms with E-state index in [4.69, 9.17) is 5.73 Å². The van der Waals surface area contributed by atoms with Crippen LogP contribution in [0, 0.1) is 0 Å². The lowest BCUT2D eigenvalue weighted by Gasteiger charge is -2.05. The van der Waals surface area contributed by atoms with Gasteiger partial charge in [-0.15, -0.1) is 0 Å². The van der Waals surface area contributed by atoms with Gasteiger partial charge in [-0.2, -0.15) is 0 Å². The first-order valence-corrected chi connectivity index (χ1v) is 5.61. The number of aromatic nitrogens is 2. The summed E-state index contributed by atoms with van der Waals surface area (Å²) >= 11 is 0. The second kappa shape index (κ2) is 4.34. The Bertz CT molecular complexity index is 404. The van der Waals surface area contributed by atoms with Gasteiger partial charge in [0.25, 0.3) is 0 Å². The first-order chi connectivity index (χ1) is 6.58.